The van der Waals surface area contributed by atoms with Gasteiger partial charge in [-0.2, -0.15) is 5.26 Å². The third-order valence-corrected chi connectivity index (χ3v) is 3.39. The second-order valence-corrected chi connectivity index (χ2v) is 4.80. The zero-order chi connectivity index (χ0) is 13.1. The summed E-state index contributed by atoms with van der Waals surface area (Å²) in [5, 5.41) is 11.9. The first-order chi connectivity index (χ1) is 8.60. The Kier molecular flexibility index (Phi) is 3.77. The van der Waals surface area contributed by atoms with E-state index < -0.39 is 0 Å². The van der Waals surface area contributed by atoms with Crippen LogP contribution >= 0.6 is 22.6 Å². The van der Waals surface area contributed by atoms with Crippen molar-refractivity contribution in [2.24, 2.45) is 0 Å². The molecule has 0 aliphatic rings. The number of aromatic nitrogens is 1. The molecule has 0 bridgehead atoms. The van der Waals surface area contributed by atoms with Gasteiger partial charge >= 0.3 is 0 Å². The topological polar surface area (TPSA) is 48.7 Å². The summed E-state index contributed by atoms with van der Waals surface area (Å²) in [6, 6.07) is 10.2. The van der Waals surface area contributed by atoms with Crippen molar-refractivity contribution in [3.63, 3.8) is 0 Å². The fourth-order valence-electron chi connectivity index (χ4n) is 1.54. The van der Waals surface area contributed by atoms with E-state index in [0.29, 0.717) is 20.6 Å². The Balaban J connectivity index is 2.37. The van der Waals surface area contributed by atoms with Gasteiger partial charge in [-0.1, -0.05) is 6.07 Å². The zero-order valence-electron chi connectivity index (χ0n) is 9.54. The fraction of sp³-hybridized carbons (Fsp3) is 0.0769. The molecule has 0 saturated heterocycles. The highest BCUT2D eigenvalue weighted by Gasteiger charge is 2.06. The van der Waals surface area contributed by atoms with Crippen LogP contribution in [0.1, 0.15) is 11.3 Å². The van der Waals surface area contributed by atoms with Crippen molar-refractivity contribution in [2.75, 3.05) is 5.32 Å². The molecule has 5 heteroatoms. The summed E-state index contributed by atoms with van der Waals surface area (Å²) in [4.78, 5) is 4.26. The second kappa shape index (κ2) is 5.31. The zero-order valence-corrected chi connectivity index (χ0v) is 11.7. The average molecular weight is 353 g/mol. The number of hydrogen-bond acceptors (Lipinski definition) is 3. The Morgan fingerprint density at radius 3 is 2.89 bits per heavy atom. The molecule has 0 atom stereocenters. The van der Waals surface area contributed by atoms with E-state index in [1.54, 1.807) is 24.3 Å². The van der Waals surface area contributed by atoms with Crippen LogP contribution in [0.3, 0.4) is 0 Å². The van der Waals surface area contributed by atoms with E-state index in [0.717, 1.165) is 5.69 Å². The minimum Gasteiger partial charge on any atom is -0.339 e. The number of nitrogens with zero attached hydrogens (tertiary/aromatic N) is 2. The maximum absolute atomic E-state index is 13.4. The first-order valence-electron chi connectivity index (χ1n) is 5.20. The third kappa shape index (κ3) is 2.76. The summed E-state index contributed by atoms with van der Waals surface area (Å²) < 4.78 is 13.9. The lowest BCUT2D eigenvalue weighted by molar-refractivity contribution is 0.621. The number of hydrogen-bond donors (Lipinski definition) is 1. The molecule has 3 nitrogen and oxygen atoms in total. The molecule has 0 saturated carbocycles. The summed E-state index contributed by atoms with van der Waals surface area (Å²) in [6.07, 6.45) is 0. The van der Waals surface area contributed by atoms with Gasteiger partial charge in [-0.05, 0) is 53.8 Å². The molecule has 0 fully saturated rings. The number of aryl methyl sites for hydroxylation is 1. The maximum Gasteiger partial charge on any atom is 0.138 e. The molecule has 1 heterocycles. The van der Waals surface area contributed by atoms with E-state index in [4.69, 9.17) is 5.26 Å². The van der Waals surface area contributed by atoms with Crippen LogP contribution < -0.4 is 5.32 Å². The Morgan fingerprint density at radius 1 is 1.39 bits per heavy atom. The van der Waals surface area contributed by atoms with Crippen LogP contribution in [-0.2, 0) is 0 Å². The number of rotatable bonds is 2. The summed E-state index contributed by atoms with van der Waals surface area (Å²) in [5.74, 6) is 0.254. The second-order valence-electron chi connectivity index (χ2n) is 3.72. The molecule has 2 rings (SSSR count). The number of nitriles is 1. The Labute approximate surface area is 118 Å². The van der Waals surface area contributed by atoms with Gasteiger partial charge in [0.25, 0.3) is 0 Å². The van der Waals surface area contributed by atoms with Crippen LogP contribution in [0.4, 0.5) is 15.9 Å². The van der Waals surface area contributed by atoms with E-state index in [-0.39, 0.29) is 5.82 Å². The fourth-order valence-corrected chi connectivity index (χ4v) is 2.03. The van der Waals surface area contributed by atoms with Gasteiger partial charge in [0.1, 0.15) is 11.6 Å². The number of benzene rings is 1. The number of nitrogens with one attached hydrogen (secondary N) is 1. The summed E-state index contributed by atoms with van der Waals surface area (Å²) in [5.41, 5.74) is 1.90. The number of anilines is 2. The van der Waals surface area contributed by atoms with Gasteiger partial charge in [0.15, 0.2) is 0 Å². The number of pyridine rings is 1. The Morgan fingerprint density at radius 2 is 2.17 bits per heavy atom. The highest BCUT2D eigenvalue weighted by atomic mass is 127. The highest BCUT2D eigenvalue weighted by molar-refractivity contribution is 14.1. The minimum atomic E-state index is -0.284. The van der Waals surface area contributed by atoms with Crippen LogP contribution in [-0.4, -0.2) is 4.98 Å². The minimum absolute atomic E-state index is 0.284. The van der Waals surface area contributed by atoms with Gasteiger partial charge in [0.2, 0.25) is 0 Å². The molecule has 1 aromatic heterocycles. The molecule has 0 unspecified atom stereocenters. The smallest absolute Gasteiger partial charge is 0.138 e. The van der Waals surface area contributed by atoms with Gasteiger partial charge in [-0.15, -0.1) is 0 Å². The van der Waals surface area contributed by atoms with Gasteiger partial charge < -0.3 is 5.32 Å². The van der Waals surface area contributed by atoms with Crippen LogP contribution in [0, 0.1) is 27.6 Å². The Hall–Kier alpha value is -1.68. The van der Waals surface area contributed by atoms with Crippen LogP contribution in [0.2, 0.25) is 0 Å². The van der Waals surface area contributed by atoms with Crippen molar-refractivity contribution in [3.8, 4) is 6.07 Å². The molecule has 0 spiro atoms. The van der Waals surface area contributed by atoms with Crippen molar-refractivity contribution >= 4 is 34.1 Å². The monoisotopic (exact) mass is 353 g/mol. The molecule has 0 aliphatic heterocycles. The van der Waals surface area contributed by atoms with E-state index in [1.165, 1.54) is 6.07 Å². The number of halogens is 2. The van der Waals surface area contributed by atoms with Crippen molar-refractivity contribution in [3.05, 3.63) is 51.0 Å². The van der Waals surface area contributed by atoms with Crippen molar-refractivity contribution < 1.29 is 4.39 Å². The van der Waals surface area contributed by atoms with Crippen LogP contribution in [0.25, 0.3) is 0 Å². The highest BCUT2D eigenvalue weighted by Crippen LogP contribution is 2.24. The lowest BCUT2D eigenvalue weighted by Crippen LogP contribution is -1.99. The van der Waals surface area contributed by atoms with E-state index in [2.05, 4.69) is 16.4 Å². The van der Waals surface area contributed by atoms with E-state index in [1.807, 2.05) is 29.5 Å². The quantitative estimate of drug-likeness (QED) is 0.837. The normalized spacial score (nSPS) is 9.89. The largest absolute Gasteiger partial charge is 0.339 e. The molecular weight excluding hydrogens is 344 g/mol. The van der Waals surface area contributed by atoms with Crippen molar-refractivity contribution in [2.45, 2.75) is 6.92 Å². The standard InChI is InChI=1S/C13H9FIN3/c1-8-5-9(7-16)6-12(17-8)18-11-4-2-3-10(14)13(11)15/h2-6H,1H3,(H,17,18). The lowest BCUT2D eigenvalue weighted by atomic mass is 10.2. The molecule has 2 aromatic rings. The van der Waals surface area contributed by atoms with Crippen molar-refractivity contribution in [1.82, 2.24) is 4.98 Å². The van der Waals surface area contributed by atoms with Gasteiger partial charge in [-0.3, -0.25) is 0 Å². The molecule has 18 heavy (non-hydrogen) atoms. The predicted molar refractivity (Wildman–Crippen MR) is 76.1 cm³/mol. The molecule has 0 amide bonds. The third-order valence-electron chi connectivity index (χ3n) is 2.30. The Bertz CT molecular complexity index is 635. The lowest BCUT2D eigenvalue weighted by Gasteiger charge is -2.09. The molecule has 90 valence electrons. The van der Waals surface area contributed by atoms with Gasteiger partial charge in [-0.25, -0.2) is 9.37 Å². The molecule has 1 N–H and O–H groups in total. The summed E-state index contributed by atoms with van der Waals surface area (Å²) >= 11 is 1.93. The maximum atomic E-state index is 13.4. The molecular formula is C13H9FIN3. The summed E-state index contributed by atoms with van der Waals surface area (Å²) in [7, 11) is 0. The van der Waals surface area contributed by atoms with E-state index in [9.17, 15) is 4.39 Å². The van der Waals surface area contributed by atoms with Crippen LogP contribution in [0.15, 0.2) is 30.3 Å². The predicted octanol–water partition coefficient (Wildman–Crippen LogP) is 3.75. The van der Waals surface area contributed by atoms with Gasteiger partial charge in [0, 0.05) is 5.69 Å². The van der Waals surface area contributed by atoms with Gasteiger partial charge in [0.05, 0.1) is 20.9 Å². The average Bonchev–Trinajstić information content (AvgIpc) is 2.34. The van der Waals surface area contributed by atoms with Crippen molar-refractivity contribution in [1.29, 1.82) is 5.26 Å². The van der Waals surface area contributed by atoms with E-state index >= 15 is 0 Å². The molecule has 1 aromatic carbocycles. The first kappa shape index (κ1) is 12.8. The first-order valence-corrected chi connectivity index (χ1v) is 6.28. The molecule has 0 radical (unpaired) electrons. The van der Waals surface area contributed by atoms with Crippen LogP contribution in [0.5, 0.6) is 0 Å². The summed E-state index contributed by atoms with van der Waals surface area (Å²) in [6.45, 7) is 1.81. The molecule has 0 aliphatic carbocycles. The SMILES string of the molecule is Cc1cc(C#N)cc(Nc2cccc(F)c2I)n1.